The van der Waals surface area contributed by atoms with Gasteiger partial charge in [0, 0.05) is 6.54 Å². The topological polar surface area (TPSA) is 33.3 Å². The minimum Gasteiger partial charge on any atom is -0.494 e. The Kier molecular flexibility index (Phi) is 7.17. The van der Waals surface area contributed by atoms with Gasteiger partial charge in [-0.1, -0.05) is 41.9 Å². The summed E-state index contributed by atoms with van der Waals surface area (Å²) < 4.78 is 5.63. The first kappa shape index (κ1) is 17.6. The summed E-state index contributed by atoms with van der Waals surface area (Å²) >= 11 is 11.4. The predicted octanol–water partition coefficient (Wildman–Crippen LogP) is 4.66. The maximum atomic E-state index is 6.09. The van der Waals surface area contributed by atoms with Crippen molar-refractivity contribution >= 4 is 34.6 Å². The third-order valence-corrected chi connectivity index (χ3v) is 3.88. The number of ether oxygens (including phenoxy) is 1. The smallest absolute Gasteiger partial charge is 0.170 e. The Labute approximate surface area is 148 Å². The van der Waals surface area contributed by atoms with E-state index in [9.17, 15) is 0 Å². The molecule has 2 rings (SSSR count). The summed E-state index contributed by atoms with van der Waals surface area (Å²) in [6.45, 7) is 3.47. The zero-order valence-electron chi connectivity index (χ0n) is 13.1. The number of nitrogens with one attached hydrogen (secondary N) is 2. The number of halogens is 1. The van der Waals surface area contributed by atoms with Gasteiger partial charge in [-0.3, -0.25) is 0 Å². The van der Waals surface area contributed by atoms with Crippen molar-refractivity contribution < 1.29 is 4.74 Å². The van der Waals surface area contributed by atoms with Gasteiger partial charge in [-0.05, 0) is 55.7 Å². The third kappa shape index (κ3) is 5.73. The van der Waals surface area contributed by atoms with Crippen LogP contribution in [0.4, 0.5) is 5.69 Å². The quantitative estimate of drug-likeness (QED) is 0.563. The molecule has 0 spiro atoms. The average molecular weight is 349 g/mol. The molecule has 0 saturated heterocycles. The number of anilines is 1. The second-order valence-electron chi connectivity index (χ2n) is 5.01. The Morgan fingerprint density at radius 1 is 1.13 bits per heavy atom. The first-order valence-electron chi connectivity index (χ1n) is 7.70. The van der Waals surface area contributed by atoms with E-state index in [1.54, 1.807) is 0 Å². The van der Waals surface area contributed by atoms with Crippen molar-refractivity contribution in [1.82, 2.24) is 5.32 Å². The van der Waals surface area contributed by atoms with Crippen molar-refractivity contribution in [3.8, 4) is 5.75 Å². The summed E-state index contributed by atoms with van der Waals surface area (Å²) in [6, 6.07) is 15.7. The maximum absolute atomic E-state index is 6.09. The minimum atomic E-state index is 0.580. The lowest BCUT2D eigenvalue weighted by molar-refractivity contribution is 0.336. The molecule has 0 atom stereocenters. The maximum Gasteiger partial charge on any atom is 0.170 e. The summed E-state index contributed by atoms with van der Waals surface area (Å²) in [5.74, 6) is 0.965. The number of para-hydroxylation sites is 2. The van der Waals surface area contributed by atoms with Crippen LogP contribution in [0.2, 0.25) is 5.02 Å². The normalized spacial score (nSPS) is 10.2. The van der Waals surface area contributed by atoms with E-state index < -0.39 is 0 Å². The fraction of sp³-hybridized carbons (Fsp3) is 0.278. The number of aryl methyl sites for hydroxylation is 1. The fourth-order valence-corrected chi connectivity index (χ4v) is 2.61. The molecule has 2 aromatic rings. The van der Waals surface area contributed by atoms with Gasteiger partial charge in [0.05, 0.1) is 17.3 Å². The average Bonchev–Trinajstić information content (AvgIpc) is 2.55. The highest BCUT2D eigenvalue weighted by molar-refractivity contribution is 7.80. The Hall–Kier alpha value is -1.78. The summed E-state index contributed by atoms with van der Waals surface area (Å²) in [5, 5.41) is 7.54. The van der Waals surface area contributed by atoms with Crippen molar-refractivity contribution in [1.29, 1.82) is 0 Å². The van der Waals surface area contributed by atoms with E-state index in [0.29, 0.717) is 16.7 Å². The van der Waals surface area contributed by atoms with Gasteiger partial charge >= 0.3 is 0 Å². The van der Waals surface area contributed by atoms with Gasteiger partial charge in [-0.2, -0.15) is 0 Å². The first-order valence-corrected chi connectivity index (χ1v) is 8.49. The molecule has 0 aliphatic rings. The lowest BCUT2D eigenvalue weighted by Gasteiger charge is -2.12. The molecule has 0 radical (unpaired) electrons. The van der Waals surface area contributed by atoms with Crippen molar-refractivity contribution in [2.45, 2.75) is 19.8 Å². The number of rotatable bonds is 7. The van der Waals surface area contributed by atoms with Crippen LogP contribution in [0.15, 0.2) is 48.5 Å². The third-order valence-electron chi connectivity index (χ3n) is 3.30. The van der Waals surface area contributed by atoms with Gasteiger partial charge in [0.2, 0.25) is 0 Å². The second-order valence-corrected chi connectivity index (χ2v) is 5.82. The lowest BCUT2D eigenvalue weighted by Crippen LogP contribution is -2.29. The van der Waals surface area contributed by atoms with Crippen LogP contribution in [0.3, 0.4) is 0 Å². The van der Waals surface area contributed by atoms with Crippen LogP contribution in [-0.4, -0.2) is 18.3 Å². The zero-order chi connectivity index (χ0) is 16.5. The van der Waals surface area contributed by atoms with E-state index in [1.165, 1.54) is 5.56 Å². The molecule has 0 unspecified atom stereocenters. The summed E-state index contributed by atoms with van der Waals surface area (Å²) in [7, 11) is 0. The Bertz CT molecular complexity index is 648. The Balaban J connectivity index is 1.75. The largest absolute Gasteiger partial charge is 0.494 e. The standard InChI is InChI=1S/C18H21ClN2OS/c1-2-22-17-12-6-3-8-14(17)9-7-13-20-18(23)21-16-11-5-4-10-15(16)19/h3-6,8,10-12H,2,7,9,13H2,1H3,(H2,20,21,23). The van der Waals surface area contributed by atoms with Crippen LogP contribution in [0.5, 0.6) is 5.75 Å². The molecular formula is C18H21ClN2OS. The molecule has 122 valence electrons. The number of thiocarbonyl (C=S) groups is 1. The molecule has 0 aliphatic heterocycles. The number of benzene rings is 2. The first-order chi connectivity index (χ1) is 11.2. The van der Waals surface area contributed by atoms with Gasteiger partial charge in [-0.25, -0.2) is 0 Å². The van der Waals surface area contributed by atoms with Crippen LogP contribution in [0.25, 0.3) is 0 Å². The van der Waals surface area contributed by atoms with Crippen molar-refractivity contribution in [2.75, 3.05) is 18.5 Å². The molecular weight excluding hydrogens is 328 g/mol. The number of hydrogen-bond donors (Lipinski definition) is 2. The second kappa shape index (κ2) is 9.38. The zero-order valence-corrected chi connectivity index (χ0v) is 14.7. The number of hydrogen-bond acceptors (Lipinski definition) is 2. The Morgan fingerprint density at radius 3 is 2.65 bits per heavy atom. The van der Waals surface area contributed by atoms with Gasteiger partial charge in [0.25, 0.3) is 0 Å². The molecule has 23 heavy (non-hydrogen) atoms. The van der Waals surface area contributed by atoms with E-state index in [-0.39, 0.29) is 0 Å². The highest BCUT2D eigenvalue weighted by atomic mass is 35.5. The molecule has 0 amide bonds. The lowest BCUT2D eigenvalue weighted by atomic mass is 10.1. The van der Waals surface area contributed by atoms with Gasteiger partial charge in [0.15, 0.2) is 5.11 Å². The molecule has 0 bridgehead atoms. The van der Waals surface area contributed by atoms with Crippen LogP contribution in [0, 0.1) is 0 Å². The van der Waals surface area contributed by atoms with Crippen LogP contribution >= 0.6 is 23.8 Å². The molecule has 0 aromatic heterocycles. The van der Waals surface area contributed by atoms with Gasteiger partial charge in [-0.15, -0.1) is 0 Å². The fourth-order valence-electron chi connectivity index (χ4n) is 2.22. The molecule has 0 saturated carbocycles. The van der Waals surface area contributed by atoms with Crippen LogP contribution < -0.4 is 15.4 Å². The van der Waals surface area contributed by atoms with E-state index in [4.69, 9.17) is 28.6 Å². The molecule has 0 aliphatic carbocycles. The molecule has 0 fully saturated rings. The Morgan fingerprint density at radius 2 is 1.87 bits per heavy atom. The molecule has 2 aromatic carbocycles. The van der Waals surface area contributed by atoms with Gasteiger partial charge in [0.1, 0.15) is 5.75 Å². The summed E-state index contributed by atoms with van der Waals surface area (Å²) in [4.78, 5) is 0. The van der Waals surface area contributed by atoms with E-state index >= 15 is 0 Å². The van der Waals surface area contributed by atoms with E-state index in [2.05, 4.69) is 16.7 Å². The summed E-state index contributed by atoms with van der Waals surface area (Å²) in [5.41, 5.74) is 2.04. The van der Waals surface area contributed by atoms with Crippen LogP contribution in [-0.2, 0) is 6.42 Å². The minimum absolute atomic E-state index is 0.580. The van der Waals surface area contributed by atoms with Crippen molar-refractivity contribution in [3.05, 3.63) is 59.1 Å². The molecule has 3 nitrogen and oxygen atoms in total. The molecule has 2 N–H and O–H groups in total. The van der Waals surface area contributed by atoms with Crippen LogP contribution in [0.1, 0.15) is 18.9 Å². The summed E-state index contributed by atoms with van der Waals surface area (Å²) in [6.07, 6.45) is 1.91. The highest BCUT2D eigenvalue weighted by Crippen LogP contribution is 2.20. The molecule has 0 heterocycles. The highest BCUT2D eigenvalue weighted by Gasteiger charge is 2.03. The SMILES string of the molecule is CCOc1ccccc1CCCNC(=S)Nc1ccccc1Cl. The van der Waals surface area contributed by atoms with Crippen molar-refractivity contribution in [3.63, 3.8) is 0 Å². The van der Waals surface area contributed by atoms with E-state index in [0.717, 1.165) is 30.8 Å². The van der Waals surface area contributed by atoms with Crippen molar-refractivity contribution in [2.24, 2.45) is 0 Å². The molecule has 5 heteroatoms. The predicted molar refractivity (Wildman–Crippen MR) is 102 cm³/mol. The van der Waals surface area contributed by atoms with Gasteiger partial charge < -0.3 is 15.4 Å². The monoisotopic (exact) mass is 348 g/mol. The van der Waals surface area contributed by atoms with E-state index in [1.807, 2.05) is 49.4 Å².